The summed E-state index contributed by atoms with van der Waals surface area (Å²) in [6.07, 6.45) is 0. The third-order valence-corrected chi connectivity index (χ3v) is 2.00. The van der Waals surface area contributed by atoms with Gasteiger partial charge in [0.15, 0.2) is 0 Å². The molecule has 1 rings (SSSR count). The van der Waals surface area contributed by atoms with E-state index < -0.39 is 0 Å². The van der Waals surface area contributed by atoms with Crippen molar-refractivity contribution in [3.8, 4) is 5.75 Å². The van der Waals surface area contributed by atoms with Crippen LogP contribution < -0.4 is 0 Å². The summed E-state index contributed by atoms with van der Waals surface area (Å²) in [5.74, 6) is 1.16. The Labute approximate surface area is 72.5 Å². The summed E-state index contributed by atoms with van der Waals surface area (Å²) >= 11 is 0. The Hall–Kier alpha value is -1.02. The molecule has 0 heterocycles. The molecular weight excluding hydrogens is 152 g/mol. The van der Waals surface area contributed by atoms with Crippen molar-refractivity contribution in [2.24, 2.45) is 0 Å². The van der Waals surface area contributed by atoms with Crippen molar-refractivity contribution in [2.75, 3.05) is 6.61 Å². The number of rotatable bonds is 2. The molecular formula is C10H13O2. The van der Waals surface area contributed by atoms with Gasteiger partial charge in [-0.05, 0) is 24.1 Å². The molecule has 0 aliphatic heterocycles. The average molecular weight is 165 g/mol. The first-order valence-electron chi connectivity index (χ1n) is 3.89. The molecule has 0 atom stereocenters. The predicted octanol–water partition coefficient (Wildman–Crippen LogP) is 1.64. The molecule has 12 heavy (non-hydrogen) atoms. The van der Waals surface area contributed by atoms with Gasteiger partial charge in [-0.3, -0.25) is 0 Å². The topological polar surface area (TPSA) is 40.5 Å². The van der Waals surface area contributed by atoms with Gasteiger partial charge in [0.1, 0.15) is 5.75 Å². The van der Waals surface area contributed by atoms with Gasteiger partial charge in [0.05, 0.1) is 6.61 Å². The Morgan fingerprint density at radius 3 is 2.67 bits per heavy atom. The SMILES string of the molecule is C[C](CO)c1cccc(O)c1C. The Morgan fingerprint density at radius 1 is 1.42 bits per heavy atom. The van der Waals surface area contributed by atoms with Crippen LogP contribution in [-0.4, -0.2) is 16.8 Å². The largest absolute Gasteiger partial charge is 0.508 e. The lowest BCUT2D eigenvalue weighted by Crippen LogP contribution is -2.01. The molecule has 0 saturated carbocycles. The first kappa shape index (κ1) is 9.07. The summed E-state index contributed by atoms with van der Waals surface area (Å²) in [6.45, 7) is 3.72. The first-order valence-corrected chi connectivity index (χ1v) is 3.89. The lowest BCUT2D eigenvalue weighted by molar-refractivity contribution is 0.314. The molecule has 2 nitrogen and oxygen atoms in total. The highest BCUT2D eigenvalue weighted by atomic mass is 16.3. The average Bonchev–Trinajstić information content (AvgIpc) is 2.08. The van der Waals surface area contributed by atoms with Crippen LogP contribution in [0.5, 0.6) is 5.75 Å². The molecule has 1 radical (unpaired) electrons. The Kier molecular flexibility index (Phi) is 2.71. The highest BCUT2D eigenvalue weighted by Crippen LogP contribution is 2.24. The quantitative estimate of drug-likeness (QED) is 0.699. The van der Waals surface area contributed by atoms with Crippen molar-refractivity contribution in [3.63, 3.8) is 0 Å². The van der Waals surface area contributed by atoms with Gasteiger partial charge in [-0.25, -0.2) is 0 Å². The summed E-state index contributed by atoms with van der Waals surface area (Å²) < 4.78 is 0. The zero-order valence-corrected chi connectivity index (χ0v) is 7.33. The number of phenols is 1. The van der Waals surface area contributed by atoms with Crippen LogP contribution >= 0.6 is 0 Å². The molecule has 2 heteroatoms. The molecule has 2 N–H and O–H groups in total. The number of aliphatic hydroxyl groups is 1. The van der Waals surface area contributed by atoms with E-state index in [-0.39, 0.29) is 12.4 Å². The molecule has 0 amide bonds. The number of hydrogen-bond donors (Lipinski definition) is 2. The standard InChI is InChI=1S/C10H13O2/c1-7(6-11)9-4-3-5-10(12)8(9)2/h3-5,11-12H,6H2,1-2H3. The van der Waals surface area contributed by atoms with Gasteiger partial charge in [-0.15, -0.1) is 0 Å². The molecule has 0 spiro atoms. The van der Waals surface area contributed by atoms with E-state index in [1.807, 2.05) is 19.9 Å². The van der Waals surface area contributed by atoms with Crippen molar-refractivity contribution in [1.82, 2.24) is 0 Å². The van der Waals surface area contributed by atoms with Crippen LogP contribution in [0.2, 0.25) is 0 Å². The second-order valence-corrected chi connectivity index (χ2v) is 2.89. The van der Waals surface area contributed by atoms with E-state index in [1.165, 1.54) is 0 Å². The third kappa shape index (κ3) is 1.59. The van der Waals surface area contributed by atoms with Crippen LogP contribution in [0.1, 0.15) is 18.1 Å². The maximum absolute atomic E-state index is 9.35. The van der Waals surface area contributed by atoms with Gasteiger partial charge in [0.25, 0.3) is 0 Å². The molecule has 1 aromatic carbocycles. The Morgan fingerprint density at radius 2 is 2.08 bits per heavy atom. The van der Waals surface area contributed by atoms with E-state index >= 15 is 0 Å². The minimum Gasteiger partial charge on any atom is -0.508 e. The Balaban J connectivity index is 3.07. The van der Waals surface area contributed by atoms with Crippen LogP contribution in [0.4, 0.5) is 0 Å². The van der Waals surface area contributed by atoms with Crippen molar-refractivity contribution in [2.45, 2.75) is 13.8 Å². The highest BCUT2D eigenvalue weighted by molar-refractivity contribution is 5.44. The van der Waals surface area contributed by atoms with Gasteiger partial charge in [-0.2, -0.15) is 0 Å². The normalized spacial score (nSPS) is 10.7. The summed E-state index contributed by atoms with van der Waals surface area (Å²) in [5, 5.41) is 18.2. The second-order valence-electron chi connectivity index (χ2n) is 2.89. The van der Waals surface area contributed by atoms with E-state index in [4.69, 9.17) is 5.11 Å². The van der Waals surface area contributed by atoms with Gasteiger partial charge < -0.3 is 10.2 Å². The highest BCUT2D eigenvalue weighted by Gasteiger charge is 2.09. The Bertz CT molecular complexity index is 269. The fourth-order valence-corrected chi connectivity index (χ4v) is 1.17. The number of phenolic OH excluding ortho intramolecular Hbond substituents is 1. The number of aromatic hydroxyl groups is 1. The van der Waals surface area contributed by atoms with Gasteiger partial charge in [-0.1, -0.05) is 19.1 Å². The molecule has 0 unspecified atom stereocenters. The fraction of sp³-hybridized carbons (Fsp3) is 0.300. The van der Waals surface area contributed by atoms with E-state index in [0.29, 0.717) is 0 Å². The molecule has 0 saturated heterocycles. The number of aliphatic hydroxyl groups excluding tert-OH is 1. The van der Waals surface area contributed by atoms with Crippen LogP contribution in [0, 0.1) is 12.8 Å². The van der Waals surface area contributed by atoms with Crippen LogP contribution in [0.25, 0.3) is 0 Å². The molecule has 0 fully saturated rings. The smallest absolute Gasteiger partial charge is 0.118 e. The molecule has 0 aliphatic carbocycles. The molecule has 0 aliphatic rings. The van der Waals surface area contributed by atoms with Crippen LogP contribution in [-0.2, 0) is 0 Å². The fourth-order valence-electron chi connectivity index (χ4n) is 1.17. The molecule has 65 valence electrons. The third-order valence-electron chi connectivity index (χ3n) is 2.00. The maximum Gasteiger partial charge on any atom is 0.118 e. The predicted molar refractivity (Wildman–Crippen MR) is 47.9 cm³/mol. The molecule has 0 bridgehead atoms. The van der Waals surface area contributed by atoms with E-state index in [2.05, 4.69) is 0 Å². The van der Waals surface area contributed by atoms with Crippen LogP contribution in [0.3, 0.4) is 0 Å². The summed E-state index contributed by atoms with van der Waals surface area (Å²) in [5.41, 5.74) is 1.75. The summed E-state index contributed by atoms with van der Waals surface area (Å²) in [4.78, 5) is 0. The molecule has 0 aromatic heterocycles. The van der Waals surface area contributed by atoms with Gasteiger partial charge >= 0.3 is 0 Å². The number of hydrogen-bond acceptors (Lipinski definition) is 2. The van der Waals surface area contributed by atoms with Gasteiger partial charge in [0, 0.05) is 5.92 Å². The first-order chi connectivity index (χ1) is 5.66. The minimum atomic E-state index is 0.0320. The van der Waals surface area contributed by atoms with Crippen molar-refractivity contribution < 1.29 is 10.2 Å². The summed E-state index contributed by atoms with van der Waals surface area (Å²) in [7, 11) is 0. The van der Waals surface area contributed by atoms with E-state index in [9.17, 15) is 5.11 Å². The zero-order valence-electron chi connectivity index (χ0n) is 7.33. The zero-order chi connectivity index (χ0) is 9.14. The van der Waals surface area contributed by atoms with Crippen molar-refractivity contribution in [1.29, 1.82) is 0 Å². The molecule has 1 aromatic rings. The van der Waals surface area contributed by atoms with Crippen LogP contribution in [0.15, 0.2) is 18.2 Å². The van der Waals surface area contributed by atoms with E-state index in [1.54, 1.807) is 12.1 Å². The lowest BCUT2D eigenvalue weighted by Gasteiger charge is -2.11. The second kappa shape index (κ2) is 3.59. The summed E-state index contributed by atoms with van der Waals surface area (Å²) in [6, 6.07) is 5.31. The van der Waals surface area contributed by atoms with E-state index in [0.717, 1.165) is 17.0 Å². The van der Waals surface area contributed by atoms with Gasteiger partial charge in [0.2, 0.25) is 0 Å². The minimum absolute atomic E-state index is 0.0320. The van der Waals surface area contributed by atoms with Crippen molar-refractivity contribution in [3.05, 3.63) is 35.2 Å². The maximum atomic E-state index is 9.35. The lowest BCUT2D eigenvalue weighted by atomic mass is 9.97. The van der Waals surface area contributed by atoms with Crippen molar-refractivity contribution >= 4 is 0 Å². The number of benzene rings is 1. The monoisotopic (exact) mass is 165 g/mol.